The molecule has 2 heterocycles. The molecule has 0 fully saturated rings. The smallest absolute Gasteiger partial charge is 0.257 e. The maximum absolute atomic E-state index is 13.2. The number of nitrogens with zero attached hydrogens (tertiary/aromatic N) is 1. The number of carbonyl (C=O) groups excluding carboxylic acids is 1. The molecule has 0 saturated carbocycles. The van der Waals surface area contributed by atoms with Crippen LogP contribution in [0.25, 0.3) is 10.2 Å². The number of nitrogens with one attached hydrogen (secondary N) is 2. The summed E-state index contributed by atoms with van der Waals surface area (Å²) in [4.78, 5) is 16.5. The molecule has 2 N–H and O–H groups in total. The molecule has 6 nitrogen and oxygen atoms in total. The molecule has 25 heavy (non-hydrogen) atoms. The van der Waals surface area contributed by atoms with Crippen LogP contribution in [-0.2, 0) is 0 Å². The predicted octanol–water partition coefficient (Wildman–Crippen LogP) is 3.29. The fourth-order valence-electron chi connectivity index (χ4n) is 2.29. The number of amides is 1. The largest absolute Gasteiger partial charge is 0.454 e. The third kappa shape index (κ3) is 3.24. The molecule has 1 aliphatic rings. The number of thiazole rings is 1. The highest BCUT2D eigenvalue weighted by molar-refractivity contribution is 7.80. The second-order valence-electron chi connectivity index (χ2n) is 5.11. The highest BCUT2D eigenvalue weighted by atomic mass is 32.1. The summed E-state index contributed by atoms with van der Waals surface area (Å²) < 4.78 is 24.4. The van der Waals surface area contributed by atoms with Gasteiger partial charge >= 0.3 is 0 Å². The quantitative estimate of drug-likeness (QED) is 0.670. The van der Waals surface area contributed by atoms with Crippen molar-refractivity contribution in [3.8, 4) is 11.5 Å². The monoisotopic (exact) mass is 375 g/mol. The minimum absolute atomic E-state index is 0.0993. The van der Waals surface area contributed by atoms with Gasteiger partial charge in [0, 0.05) is 5.56 Å². The van der Waals surface area contributed by atoms with Crippen molar-refractivity contribution in [3.05, 3.63) is 47.8 Å². The van der Waals surface area contributed by atoms with Gasteiger partial charge in [0.15, 0.2) is 21.7 Å². The van der Waals surface area contributed by atoms with Crippen molar-refractivity contribution in [1.82, 2.24) is 10.3 Å². The van der Waals surface area contributed by atoms with E-state index in [9.17, 15) is 9.18 Å². The highest BCUT2D eigenvalue weighted by Gasteiger charge is 2.17. The zero-order valence-corrected chi connectivity index (χ0v) is 14.2. The summed E-state index contributed by atoms with van der Waals surface area (Å²) in [6.45, 7) is 0.137. The van der Waals surface area contributed by atoms with Gasteiger partial charge in [-0.25, -0.2) is 9.37 Å². The van der Waals surface area contributed by atoms with E-state index in [4.69, 9.17) is 21.7 Å². The van der Waals surface area contributed by atoms with Gasteiger partial charge in [0.2, 0.25) is 6.79 Å². The SMILES string of the molecule is O=C(NC(=S)Nc1nc2ccc(F)cc2s1)c1ccc2c(c1)OCO2. The molecule has 126 valence electrons. The zero-order chi connectivity index (χ0) is 17.4. The molecule has 0 bridgehead atoms. The normalized spacial score (nSPS) is 12.2. The summed E-state index contributed by atoms with van der Waals surface area (Å²) in [5.41, 5.74) is 1.04. The van der Waals surface area contributed by atoms with Crippen molar-refractivity contribution < 1.29 is 18.7 Å². The molecule has 1 aliphatic heterocycles. The van der Waals surface area contributed by atoms with Gasteiger partial charge in [-0.1, -0.05) is 11.3 Å². The average molecular weight is 375 g/mol. The molecule has 9 heteroatoms. The fraction of sp³-hybridized carbons (Fsp3) is 0.0625. The fourth-order valence-corrected chi connectivity index (χ4v) is 3.44. The van der Waals surface area contributed by atoms with Crippen molar-refractivity contribution in [2.24, 2.45) is 0 Å². The van der Waals surface area contributed by atoms with Crippen molar-refractivity contribution in [2.45, 2.75) is 0 Å². The van der Waals surface area contributed by atoms with E-state index in [1.165, 1.54) is 23.5 Å². The number of hydrogen-bond donors (Lipinski definition) is 2. The number of benzene rings is 2. The first-order chi connectivity index (χ1) is 12.1. The third-order valence-electron chi connectivity index (χ3n) is 3.43. The molecule has 3 aromatic rings. The molecule has 2 aromatic carbocycles. The van der Waals surface area contributed by atoms with Crippen LogP contribution in [-0.4, -0.2) is 22.8 Å². The van der Waals surface area contributed by atoms with E-state index in [0.717, 1.165) is 0 Å². The van der Waals surface area contributed by atoms with Gasteiger partial charge in [-0.05, 0) is 48.6 Å². The Morgan fingerprint density at radius 3 is 2.92 bits per heavy atom. The summed E-state index contributed by atoms with van der Waals surface area (Å²) in [5, 5.41) is 5.97. The summed E-state index contributed by atoms with van der Waals surface area (Å²) in [7, 11) is 0. The molecular formula is C16H10FN3O3S2. The number of anilines is 1. The van der Waals surface area contributed by atoms with Crippen LogP contribution in [0.5, 0.6) is 11.5 Å². The lowest BCUT2D eigenvalue weighted by atomic mass is 10.2. The molecule has 0 aliphatic carbocycles. The van der Waals surface area contributed by atoms with E-state index < -0.39 is 0 Å². The third-order valence-corrected chi connectivity index (χ3v) is 4.57. The number of aromatic nitrogens is 1. The van der Waals surface area contributed by atoms with Crippen LogP contribution in [0, 0.1) is 5.82 Å². The Morgan fingerprint density at radius 1 is 1.20 bits per heavy atom. The molecule has 0 spiro atoms. The number of halogens is 1. The lowest BCUT2D eigenvalue weighted by Gasteiger charge is -2.07. The van der Waals surface area contributed by atoms with Crippen LogP contribution in [0.15, 0.2) is 36.4 Å². The number of thiocarbonyl (C=S) groups is 1. The molecule has 0 radical (unpaired) electrons. The molecular weight excluding hydrogens is 365 g/mol. The highest BCUT2D eigenvalue weighted by Crippen LogP contribution is 2.32. The van der Waals surface area contributed by atoms with Crippen molar-refractivity contribution in [3.63, 3.8) is 0 Å². The maximum Gasteiger partial charge on any atom is 0.257 e. The molecule has 1 amide bonds. The Morgan fingerprint density at radius 2 is 2.04 bits per heavy atom. The molecule has 1 aromatic heterocycles. The second-order valence-corrected chi connectivity index (χ2v) is 6.55. The van der Waals surface area contributed by atoms with Crippen molar-refractivity contribution in [2.75, 3.05) is 12.1 Å². The van der Waals surface area contributed by atoms with Crippen LogP contribution >= 0.6 is 23.6 Å². The van der Waals surface area contributed by atoms with Gasteiger partial charge in [-0.15, -0.1) is 0 Å². The van der Waals surface area contributed by atoms with Gasteiger partial charge in [-0.2, -0.15) is 0 Å². The first-order valence-electron chi connectivity index (χ1n) is 7.16. The van der Waals surface area contributed by atoms with Gasteiger partial charge in [0.1, 0.15) is 5.82 Å². The van der Waals surface area contributed by atoms with Crippen molar-refractivity contribution in [1.29, 1.82) is 0 Å². The van der Waals surface area contributed by atoms with Gasteiger partial charge < -0.3 is 14.8 Å². The standard InChI is InChI=1S/C16H10FN3O3S2/c17-9-2-3-10-13(6-9)25-16(18-10)20-15(24)19-14(21)8-1-4-11-12(5-8)23-7-22-11/h1-6H,7H2,(H2,18,19,20,21,24). The van der Waals surface area contributed by atoms with Crippen LogP contribution in [0.2, 0.25) is 0 Å². The summed E-state index contributed by atoms with van der Waals surface area (Å²) in [6, 6.07) is 9.18. The zero-order valence-electron chi connectivity index (χ0n) is 12.5. The van der Waals surface area contributed by atoms with E-state index in [1.54, 1.807) is 24.3 Å². The van der Waals surface area contributed by atoms with E-state index >= 15 is 0 Å². The second kappa shape index (κ2) is 6.26. The number of rotatable bonds is 2. The lowest BCUT2D eigenvalue weighted by Crippen LogP contribution is -2.34. The topological polar surface area (TPSA) is 72.5 Å². The van der Waals surface area contributed by atoms with Crippen LogP contribution in [0.3, 0.4) is 0 Å². The van der Waals surface area contributed by atoms with Gasteiger partial charge in [0.05, 0.1) is 10.2 Å². The Bertz CT molecular complexity index is 1010. The summed E-state index contributed by atoms with van der Waals surface area (Å²) in [5.74, 6) is 0.392. The number of hydrogen-bond acceptors (Lipinski definition) is 6. The van der Waals surface area contributed by atoms with Gasteiger partial charge in [0.25, 0.3) is 5.91 Å². The Balaban J connectivity index is 1.45. The van der Waals surface area contributed by atoms with Crippen LogP contribution in [0.1, 0.15) is 10.4 Å². The van der Waals surface area contributed by atoms with E-state index in [0.29, 0.717) is 32.4 Å². The average Bonchev–Trinajstić information content (AvgIpc) is 3.19. The maximum atomic E-state index is 13.2. The van der Waals surface area contributed by atoms with E-state index in [2.05, 4.69) is 15.6 Å². The number of ether oxygens (including phenoxy) is 2. The molecule has 0 saturated heterocycles. The molecule has 0 unspecified atom stereocenters. The summed E-state index contributed by atoms with van der Waals surface area (Å²) >= 11 is 6.38. The minimum atomic E-state index is -0.386. The Kier molecular flexibility index (Phi) is 3.94. The predicted molar refractivity (Wildman–Crippen MR) is 95.8 cm³/mol. The lowest BCUT2D eigenvalue weighted by molar-refractivity contribution is 0.0977. The Labute approximate surface area is 150 Å². The minimum Gasteiger partial charge on any atom is -0.454 e. The molecule has 4 rings (SSSR count). The number of fused-ring (bicyclic) bond motifs is 2. The van der Waals surface area contributed by atoms with Gasteiger partial charge in [-0.3, -0.25) is 10.1 Å². The van der Waals surface area contributed by atoms with Crippen LogP contribution < -0.4 is 20.1 Å². The number of carbonyl (C=O) groups is 1. The molecule has 0 atom stereocenters. The summed E-state index contributed by atoms with van der Waals surface area (Å²) in [6.07, 6.45) is 0. The van der Waals surface area contributed by atoms with E-state index in [1.807, 2.05) is 0 Å². The van der Waals surface area contributed by atoms with Crippen LogP contribution in [0.4, 0.5) is 9.52 Å². The Hall–Kier alpha value is -2.78. The first kappa shape index (κ1) is 15.7. The van der Waals surface area contributed by atoms with E-state index in [-0.39, 0.29) is 23.6 Å². The van der Waals surface area contributed by atoms with Crippen molar-refractivity contribution >= 4 is 49.9 Å². The first-order valence-corrected chi connectivity index (χ1v) is 8.39.